The minimum absolute atomic E-state index is 0.494. The zero-order chi connectivity index (χ0) is 13.9. The summed E-state index contributed by atoms with van der Waals surface area (Å²) < 4.78 is 1.98. The molecule has 4 nitrogen and oxygen atoms in total. The van der Waals surface area contributed by atoms with Crippen LogP contribution in [0.5, 0.6) is 0 Å². The first-order valence-electron chi connectivity index (χ1n) is 7.84. The van der Waals surface area contributed by atoms with Crippen molar-refractivity contribution in [1.29, 1.82) is 0 Å². The van der Waals surface area contributed by atoms with E-state index in [1.54, 1.807) is 0 Å². The maximum absolute atomic E-state index is 4.18. The van der Waals surface area contributed by atoms with Gasteiger partial charge in [-0.2, -0.15) is 0 Å². The molecule has 0 unspecified atom stereocenters. The normalized spacial score (nSPS) is 11.4. The van der Waals surface area contributed by atoms with E-state index in [-0.39, 0.29) is 0 Å². The number of hydrogen-bond acceptors (Lipinski definition) is 3. The van der Waals surface area contributed by atoms with Crippen LogP contribution in [0, 0.1) is 0 Å². The Hall–Kier alpha value is -0.900. The Kier molecular flexibility index (Phi) is 8.47. The first kappa shape index (κ1) is 16.2. The smallest absolute Gasteiger partial charge is 0.0964 e. The van der Waals surface area contributed by atoms with E-state index in [2.05, 4.69) is 42.6 Å². The van der Waals surface area contributed by atoms with Gasteiger partial charge in [0.15, 0.2) is 0 Å². The lowest BCUT2D eigenvalue weighted by molar-refractivity contribution is 0.513. The molecule has 0 aliphatic heterocycles. The minimum Gasteiger partial charge on any atom is -0.309 e. The summed E-state index contributed by atoms with van der Waals surface area (Å²) in [5.41, 5.74) is 1.04. The molecule has 0 atom stereocenters. The molecular formula is C15H30N4. The summed E-state index contributed by atoms with van der Waals surface area (Å²) in [5, 5.41) is 11.7. The fourth-order valence-corrected chi connectivity index (χ4v) is 2.07. The van der Waals surface area contributed by atoms with Crippen LogP contribution in [0.15, 0.2) is 6.20 Å². The third kappa shape index (κ3) is 7.98. The van der Waals surface area contributed by atoms with Crippen LogP contribution in [0.1, 0.15) is 71.4 Å². The number of aryl methyl sites for hydroxylation is 1. The van der Waals surface area contributed by atoms with E-state index in [1.807, 2.05) is 4.68 Å². The van der Waals surface area contributed by atoms with Crippen molar-refractivity contribution in [1.82, 2.24) is 20.3 Å². The molecule has 0 radical (unpaired) electrons. The molecule has 1 rings (SSSR count). The quantitative estimate of drug-likeness (QED) is 0.623. The fraction of sp³-hybridized carbons (Fsp3) is 0.867. The Labute approximate surface area is 118 Å². The van der Waals surface area contributed by atoms with Crippen LogP contribution in [0.2, 0.25) is 0 Å². The SMILES string of the molecule is CCCCCCCCCn1cc(CNC(C)C)nn1. The van der Waals surface area contributed by atoms with Crippen molar-refractivity contribution in [2.45, 2.75) is 84.8 Å². The van der Waals surface area contributed by atoms with E-state index in [4.69, 9.17) is 0 Å². The maximum atomic E-state index is 4.18. The van der Waals surface area contributed by atoms with Gasteiger partial charge < -0.3 is 5.32 Å². The van der Waals surface area contributed by atoms with Crippen LogP contribution >= 0.6 is 0 Å². The molecule has 0 saturated heterocycles. The lowest BCUT2D eigenvalue weighted by Gasteiger charge is -2.04. The van der Waals surface area contributed by atoms with Crippen molar-refractivity contribution in [2.24, 2.45) is 0 Å². The van der Waals surface area contributed by atoms with Crippen LogP contribution in [-0.2, 0) is 13.1 Å². The highest BCUT2D eigenvalue weighted by atomic mass is 15.4. The van der Waals surface area contributed by atoms with E-state index in [9.17, 15) is 0 Å². The average molecular weight is 266 g/mol. The number of aromatic nitrogens is 3. The van der Waals surface area contributed by atoms with Crippen molar-refractivity contribution in [3.05, 3.63) is 11.9 Å². The third-order valence-corrected chi connectivity index (χ3v) is 3.27. The number of rotatable bonds is 11. The van der Waals surface area contributed by atoms with Gasteiger partial charge >= 0.3 is 0 Å². The Balaban J connectivity index is 2.06. The van der Waals surface area contributed by atoms with Crippen molar-refractivity contribution in [3.63, 3.8) is 0 Å². The van der Waals surface area contributed by atoms with E-state index in [0.29, 0.717) is 6.04 Å². The molecule has 0 saturated carbocycles. The van der Waals surface area contributed by atoms with Crippen LogP contribution in [0.4, 0.5) is 0 Å². The number of hydrogen-bond donors (Lipinski definition) is 1. The van der Waals surface area contributed by atoms with Crippen LogP contribution in [0.25, 0.3) is 0 Å². The van der Waals surface area contributed by atoms with Crippen LogP contribution in [0.3, 0.4) is 0 Å². The minimum atomic E-state index is 0.494. The van der Waals surface area contributed by atoms with Gasteiger partial charge in [-0.3, -0.25) is 4.68 Å². The molecule has 0 fully saturated rings. The lowest BCUT2D eigenvalue weighted by atomic mass is 10.1. The van der Waals surface area contributed by atoms with Crippen molar-refractivity contribution < 1.29 is 0 Å². The van der Waals surface area contributed by atoms with Crippen molar-refractivity contribution in [3.8, 4) is 0 Å². The van der Waals surface area contributed by atoms with Gasteiger partial charge in [0.2, 0.25) is 0 Å². The number of nitrogens with zero attached hydrogens (tertiary/aromatic N) is 3. The van der Waals surface area contributed by atoms with Gasteiger partial charge in [-0.05, 0) is 6.42 Å². The molecule has 0 aliphatic carbocycles. The lowest BCUT2D eigenvalue weighted by Crippen LogP contribution is -2.21. The van der Waals surface area contributed by atoms with E-state index < -0.39 is 0 Å². The van der Waals surface area contributed by atoms with E-state index in [1.165, 1.54) is 44.9 Å². The largest absolute Gasteiger partial charge is 0.309 e. The standard InChI is InChI=1S/C15H30N4/c1-4-5-6-7-8-9-10-11-19-13-15(17-18-19)12-16-14(2)3/h13-14,16H,4-12H2,1-3H3. The topological polar surface area (TPSA) is 42.7 Å². The molecule has 0 bridgehead atoms. The third-order valence-electron chi connectivity index (χ3n) is 3.27. The predicted octanol–water partition coefficient (Wildman–Crippen LogP) is 3.53. The first-order chi connectivity index (χ1) is 9.22. The van der Waals surface area contributed by atoms with Gasteiger partial charge in [0.25, 0.3) is 0 Å². The monoisotopic (exact) mass is 266 g/mol. The molecule has 0 aliphatic rings. The van der Waals surface area contributed by atoms with Crippen LogP contribution < -0.4 is 5.32 Å². The molecular weight excluding hydrogens is 236 g/mol. The van der Waals surface area contributed by atoms with Gasteiger partial charge in [0.1, 0.15) is 0 Å². The molecule has 0 spiro atoms. The highest BCUT2D eigenvalue weighted by molar-refractivity contribution is 4.91. The van der Waals surface area contributed by atoms with E-state index >= 15 is 0 Å². The van der Waals surface area contributed by atoms with Gasteiger partial charge in [0, 0.05) is 25.3 Å². The second-order valence-electron chi connectivity index (χ2n) is 5.63. The molecule has 19 heavy (non-hydrogen) atoms. The maximum Gasteiger partial charge on any atom is 0.0964 e. The molecule has 1 aromatic heterocycles. The molecule has 1 N–H and O–H groups in total. The van der Waals surface area contributed by atoms with Crippen LogP contribution in [-0.4, -0.2) is 21.0 Å². The summed E-state index contributed by atoms with van der Waals surface area (Å²) in [6.45, 7) is 8.36. The first-order valence-corrected chi connectivity index (χ1v) is 7.84. The second-order valence-corrected chi connectivity index (χ2v) is 5.63. The molecule has 0 amide bonds. The van der Waals surface area contributed by atoms with Gasteiger partial charge in [-0.25, -0.2) is 0 Å². The Morgan fingerprint density at radius 1 is 1.11 bits per heavy atom. The highest BCUT2D eigenvalue weighted by Gasteiger charge is 2.01. The molecule has 1 heterocycles. The summed E-state index contributed by atoms with van der Waals surface area (Å²) in [4.78, 5) is 0. The summed E-state index contributed by atoms with van der Waals surface area (Å²) in [5.74, 6) is 0. The van der Waals surface area contributed by atoms with Crippen molar-refractivity contribution >= 4 is 0 Å². The van der Waals surface area contributed by atoms with Crippen molar-refractivity contribution in [2.75, 3.05) is 0 Å². The second kappa shape index (κ2) is 9.96. The van der Waals surface area contributed by atoms with Gasteiger partial charge in [-0.15, -0.1) is 5.10 Å². The summed E-state index contributed by atoms with van der Waals surface area (Å²) >= 11 is 0. The summed E-state index contributed by atoms with van der Waals surface area (Å²) in [7, 11) is 0. The van der Waals surface area contributed by atoms with E-state index in [0.717, 1.165) is 18.8 Å². The summed E-state index contributed by atoms with van der Waals surface area (Å²) in [6, 6.07) is 0.494. The molecule has 110 valence electrons. The predicted molar refractivity (Wildman–Crippen MR) is 80.0 cm³/mol. The Morgan fingerprint density at radius 2 is 1.79 bits per heavy atom. The fourth-order valence-electron chi connectivity index (χ4n) is 2.07. The zero-order valence-corrected chi connectivity index (χ0v) is 12.9. The number of unbranched alkanes of at least 4 members (excludes halogenated alkanes) is 6. The molecule has 0 aromatic carbocycles. The Morgan fingerprint density at radius 3 is 2.47 bits per heavy atom. The van der Waals surface area contributed by atoms with Gasteiger partial charge in [0.05, 0.1) is 5.69 Å². The summed E-state index contributed by atoms with van der Waals surface area (Å²) in [6.07, 6.45) is 11.4. The Bertz CT molecular complexity index is 320. The highest BCUT2D eigenvalue weighted by Crippen LogP contribution is 2.07. The molecule has 1 aromatic rings. The molecule has 4 heteroatoms. The number of nitrogens with one attached hydrogen (secondary N) is 1. The zero-order valence-electron chi connectivity index (χ0n) is 12.9. The van der Waals surface area contributed by atoms with Gasteiger partial charge in [-0.1, -0.05) is 64.5 Å². The average Bonchev–Trinajstić information content (AvgIpc) is 2.83.